The Labute approximate surface area is 92.7 Å². The second kappa shape index (κ2) is 5.13. The van der Waals surface area contributed by atoms with Crippen molar-refractivity contribution in [1.82, 2.24) is 5.32 Å². The number of aryl methyl sites for hydroxylation is 1. The first-order chi connectivity index (χ1) is 6.13. The van der Waals surface area contributed by atoms with Crippen LogP contribution in [0.5, 0.6) is 0 Å². The van der Waals surface area contributed by atoms with Crippen molar-refractivity contribution in [3.8, 4) is 0 Å². The lowest BCUT2D eigenvalue weighted by Crippen LogP contribution is -2.23. The summed E-state index contributed by atoms with van der Waals surface area (Å²) in [6.45, 7) is 7.54. The lowest BCUT2D eigenvalue weighted by atomic mass is 10.2. The number of halogens is 1. The molecule has 0 aliphatic rings. The molecule has 0 aliphatic carbocycles. The van der Waals surface area contributed by atoms with Crippen LogP contribution in [0.1, 0.15) is 30.7 Å². The fraction of sp³-hybridized carbons (Fsp3) is 0.600. The van der Waals surface area contributed by atoms with E-state index in [-0.39, 0.29) is 0 Å². The van der Waals surface area contributed by atoms with Crippen molar-refractivity contribution in [3.63, 3.8) is 0 Å². The Morgan fingerprint density at radius 3 is 2.77 bits per heavy atom. The Morgan fingerprint density at radius 2 is 2.31 bits per heavy atom. The van der Waals surface area contributed by atoms with Crippen molar-refractivity contribution in [3.05, 3.63) is 20.3 Å². The van der Waals surface area contributed by atoms with Crippen molar-refractivity contribution in [2.75, 3.05) is 0 Å². The predicted molar refractivity (Wildman–Crippen MR) is 63.3 cm³/mol. The van der Waals surface area contributed by atoms with E-state index in [1.807, 2.05) is 11.3 Å². The average Bonchev–Trinajstić information content (AvgIpc) is 2.42. The molecule has 1 rings (SSSR count). The van der Waals surface area contributed by atoms with Crippen LogP contribution in [0.3, 0.4) is 0 Å². The zero-order valence-corrected chi connectivity index (χ0v) is 10.8. The van der Waals surface area contributed by atoms with E-state index in [1.165, 1.54) is 20.6 Å². The van der Waals surface area contributed by atoms with Gasteiger partial charge in [0.1, 0.15) is 0 Å². The van der Waals surface area contributed by atoms with Gasteiger partial charge in [0.15, 0.2) is 0 Å². The van der Waals surface area contributed by atoms with E-state index in [9.17, 15) is 0 Å². The highest BCUT2D eigenvalue weighted by Crippen LogP contribution is 2.27. The van der Waals surface area contributed by atoms with Gasteiger partial charge in [-0.1, -0.05) is 6.92 Å². The number of thiophene rings is 1. The number of hydrogen-bond acceptors (Lipinski definition) is 2. The Morgan fingerprint density at radius 1 is 1.62 bits per heavy atom. The van der Waals surface area contributed by atoms with Gasteiger partial charge in [0.25, 0.3) is 0 Å². The number of rotatable bonds is 4. The van der Waals surface area contributed by atoms with Crippen LogP contribution in [0.2, 0.25) is 0 Å². The molecular weight excluding hydrogens is 246 g/mol. The topological polar surface area (TPSA) is 12.0 Å². The molecule has 1 aromatic heterocycles. The Kier molecular flexibility index (Phi) is 4.42. The molecule has 1 N–H and O–H groups in total. The Bertz CT molecular complexity index is 250. The summed E-state index contributed by atoms with van der Waals surface area (Å²) >= 11 is 5.35. The van der Waals surface area contributed by atoms with E-state index in [0.717, 1.165) is 6.54 Å². The van der Waals surface area contributed by atoms with E-state index >= 15 is 0 Å². The summed E-state index contributed by atoms with van der Waals surface area (Å²) in [5.74, 6) is 0. The van der Waals surface area contributed by atoms with Crippen LogP contribution in [0.15, 0.2) is 9.85 Å². The molecule has 0 aliphatic heterocycles. The Balaban J connectivity index is 2.45. The van der Waals surface area contributed by atoms with Crippen LogP contribution in [0.25, 0.3) is 0 Å². The molecule has 1 nitrogen and oxygen atoms in total. The van der Waals surface area contributed by atoms with Crippen molar-refractivity contribution in [2.45, 2.75) is 39.8 Å². The van der Waals surface area contributed by atoms with Gasteiger partial charge in [-0.15, -0.1) is 11.3 Å². The average molecular weight is 262 g/mol. The quantitative estimate of drug-likeness (QED) is 0.872. The van der Waals surface area contributed by atoms with Crippen molar-refractivity contribution < 1.29 is 0 Å². The first-order valence-electron chi connectivity index (χ1n) is 4.61. The molecule has 1 atom stereocenters. The molecule has 0 amide bonds. The van der Waals surface area contributed by atoms with Crippen molar-refractivity contribution in [2.24, 2.45) is 0 Å². The molecule has 13 heavy (non-hydrogen) atoms. The summed E-state index contributed by atoms with van der Waals surface area (Å²) < 4.78 is 1.26. The van der Waals surface area contributed by atoms with Gasteiger partial charge >= 0.3 is 0 Å². The highest BCUT2D eigenvalue weighted by Gasteiger charge is 2.03. The lowest BCUT2D eigenvalue weighted by Gasteiger charge is -2.09. The second-order valence-electron chi connectivity index (χ2n) is 3.36. The van der Waals surface area contributed by atoms with Gasteiger partial charge in [0.05, 0.1) is 3.79 Å². The fourth-order valence-corrected chi connectivity index (χ4v) is 2.61. The molecule has 74 valence electrons. The maximum absolute atomic E-state index is 3.53. The van der Waals surface area contributed by atoms with Gasteiger partial charge < -0.3 is 5.32 Å². The first kappa shape index (κ1) is 11.2. The third-order valence-corrected chi connectivity index (χ3v) is 4.28. The fourth-order valence-electron chi connectivity index (χ4n) is 1.03. The van der Waals surface area contributed by atoms with E-state index < -0.39 is 0 Å². The molecule has 0 bridgehead atoms. The first-order valence-corrected chi connectivity index (χ1v) is 6.22. The molecule has 0 spiro atoms. The van der Waals surface area contributed by atoms with Crippen LogP contribution in [-0.2, 0) is 6.54 Å². The van der Waals surface area contributed by atoms with Gasteiger partial charge in [-0.25, -0.2) is 0 Å². The van der Waals surface area contributed by atoms with Crippen LogP contribution >= 0.6 is 27.3 Å². The van der Waals surface area contributed by atoms with Gasteiger partial charge in [-0.3, -0.25) is 0 Å². The summed E-state index contributed by atoms with van der Waals surface area (Å²) in [5.41, 5.74) is 1.34. The molecule has 3 heteroatoms. The minimum absolute atomic E-state index is 0.612. The standard InChI is InChI=1S/C10H16BrNS/c1-4-8(3)12-6-9-5-7(2)10(11)13-9/h5,8,12H,4,6H2,1-3H3. The summed E-state index contributed by atoms with van der Waals surface area (Å²) in [7, 11) is 0. The third-order valence-electron chi connectivity index (χ3n) is 2.15. The molecule has 1 aromatic rings. The summed E-state index contributed by atoms with van der Waals surface area (Å²) in [4.78, 5) is 1.41. The molecule has 1 unspecified atom stereocenters. The lowest BCUT2D eigenvalue weighted by molar-refractivity contribution is 0.537. The van der Waals surface area contributed by atoms with E-state index in [0.29, 0.717) is 6.04 Å². The van der Waals surface area contributed by atoms with Crippen molar-refractivity contribution in [1.29, 1.82) is 0 Å². The van der Waals surface area contributed by atoms with Crippen LogP contribution < -0.4 is 5.32 Å². The molecule has 1 heterocycles. The summed E-state index contributed by atoms with van der Waals surface area (Å²) in [6.07, 6.45) is 1.19. The van der Waals surface area contributed by atoms with Crippen LogP contribution in [-0.4, -0.2) is 6.04 Å². The monoisotopic (exact) mass is 261 g/mol. The molecule has 0 fully saturated rings. The van der Waals surface area contributed by atoms with E-state index in [2.05, 4.69) is 48.1 Å². The largest absolute Gasteiger partial charge is 0.309 e. The number of hydrogen-bond donors (Lipinski definition) is 1. The normalized spacial score (nSPS) is 13.2. The SMILES string of the molecule is CCC(C)NCc1cc(C)c(Br)s1. The third kappa shape index (κ3) is 3.41. The zero-order valence-electron chi connectivity index (χ0n) is 8.36. The van der Waals surface area contributed by atoms with Gasteiger partial charge in [0, 0.05) is 17.5 Å². The minimum Gasteiger partial charge on any atom is -0.309 e. The van der Waals surface area contributed by atoms with Gasteiger partial charge in [-0.2, -0.15) is 0 Å². The van der Waals surface area contributed by atoms with Gasteiger partial charge in [-0.05, 0) is 47.8 Å². The van der Waals surface area contributed by atoms with E-state index in [4.69, 9.17) is 0 Å². The maximum Gasteiger partial charge on any atom is 0.0730 e. The smallest absolute Gasteiger partial charge is 0.0730 e. The van der Waals surface area contributed by atoms with Gasteiger partial charge in [0.2, 0.25) is 0 Å². The summed E-state index contributed by atoms with van der Waals surface area (Å²) in [6, 6.07) is 2.85. The number of nitrogens with one attached hydrogen (secondary N) is 1. The maximum atomic E-state index is 3.53. The van der Waals surface area contributed by atoms with E-state index in [1.54, 1.807) is 0 Å². The van der Waals surface area contributed by atoms with Crippen LogP contribution in [0.4, 0.5) is 0 Å². The zero-order chi connectivity index (χ0) is 9.84. The second-order valence-corrected chi connectivity index (χ2v) is 5.81. The minimum atomic E-state index is 0.612. The van der Waals surface area contributed by atoms with Crippen LogP contribution in [0, 0.1) is 6.92 Å². The molecule has 0 saturated carbocycles. The summed E-state index contributed by atoms with van der Waals surface area (Å²) in [5, 5.41) is 3.48. The van der Waals surface area contributed by atoms with Crippen molar-refractivity contribution >= 4 is 27.3 Å². The highest BCUT2D eigenvalue weighted by molar-refractivity contribution is 9.11. The predicted octanol–water partition coefficient (Wildman–Crippen LogP) is 3.71. The Hall–Kier alpha value is 0.140. The molecule has 0 saturated heterocycles. The highest BCUT2D eigenvalue weighted by atomic mass is 79.9. The molecule has 0 radical (unpaired) electrons. The molecule has 0 aromatic carbocycles. The molecular formula is C10H16BrNS.